The van der Waals surface area contributed by atoms with E-state index in [9.17, 15) is 0 Å². The van der Waals surface area contributed by atoms with Gasteiger partial charge in [0, 0.05) is 0 Å². The van der Waals surface area contributed by atoms with Gasteiger partial charge in [-0.3, -0.25) is 4.40 Å². The van der Waals surface area contributed by atoms with Gasteiger partial charge in [0.15, 0.2) is 0 Å². The van der Waals surface area contributed by atoms with Gasteiger partial charge in [-0.05, 0) is 11.8 Å². The van der Waals surface area contributed by atoms with E-state index in [4.69, 9.17) is 4.52 Å². The third-order valence-corrected chi connectivity index (χ3v) is 2.33. The van der Waals surface area contributed by atoms with Crippen molar-refractivity contribution in [3.63, 3.8) is 0 Å². The van der Waals surface area contributed by atoms with Crippen LogP contribution in [0.25, 0.3) is 5.84 Å². The Morgan fingerprint density at radius 2 is 1.93 bits per heavy atom. The summed E-state index contributed by atoms with van der Waals surface area (Å²) < 4.78 is 6.97. The highest BCUT2D eigenvalue weighted by molar-refractivity contribution is 5.34. The van der Waals surface area contributed by atoms with Crippen LogP contribution in [0.15, 0.2) is 10.9 Å². The zero-order valence-corrected chi connectivity index (χ0v) is 8.98. The smallest absolute Gasteiger partial charge is 0.315 e. The molecule has 2 heterocycles. The van der Waals surface area contributed by atoms with Crippen LogP contribution in [0.2, 0.25) is 0 Å². The average molecular weight is 193 g/mol. The zero-order valence-electron chi connectivity index (χ0n) is 8.98. The highest BCUT2D eigenvalue weighted by atomic mass is 16.5. The van der Waals surface area contributed by atoms with Gasteiger partial charge in [0.1, 0.15) is 6.33 Å². The van der Waals surface area contributed by atoms with Crippen molar-refractivity contribution in [2.75, 3.05) is 0 Å². The third-order valence-electron chi connectivity index (χ3n) is 2.33. The molecule has 0 fully saturated rings. The first-order chi connectivity index (χ1) is 6.61. The first-order valence-corrected chi connectivity index (χ1v) is 4.93. The molecular formula is C10H15N3O. The van der Waals surface area contributed by atoms with Crippen LogP contribution in [0.1, 0.15) is 50.9 Å². The van der Waals surface area contributed by atoms with Crippen molar-refractivity contribution >= 4 is 5.84 Å². The summed E-state index contributed by atoms with van der Waals surface area (Å²) in [7, 11) is 0. The minimum Gasteiger partial charge on any atom is -0.315 e. The second kappa shape index (κ2) is 3.12. The lowest BCUT2D eigenvalue weighted by Gasteiger charge is -2.08. The molecule has 0 atom stereocenters. The molecule has 0 aliphatic heterocycles. The number of rotatable bonds is 2. The largest absolute Gasteiger partial charge is 0.332 e. The number of fused-ring (bicyclic) bond motifs is 1. The number of hydrogen-bond donors (Lipinski definition) is 0. The Balaban J connectivity index is 2.69. The molecule has 2 aromatic rings. The summed E-state index contributed by atoms with van der Waals surface area (Å²) in [6.07, 6.45) is 1.68. The van der Waals surface area contributed by atoms with Gasteiger partial charge in [0.25, 0.3) is 0 Å². The molecule has 14 heavy (non-hydrogen) atoms. The first-order valence-electron chi connectivity index (χ1n) is 4.93. The number of aromatic nitrogens is 3. The molecule has 0 bridgehead atoms. The van der Waals surface area contributed by atoms with Gasteiger partial charge in [0.2, 0.25) is 0 Å². The minimum atomic E-state index is 0.419. The Labute approximate surface area is 82.9 Å². The maximum Gasteiger partial charge on any atom is 0.332 e. The van der Waals surface area contributed by atoms with Gasteiger partial charge in [-0.2, -0.15) is 4.98 Å². The van der Waals surface area contributed by atoms with Crippen molar-refractivity contribution in [2.24, 2.45) is 0 Å². The van der Waals surface area contributed by atoms with E-state index in [1.807, 2.05) is 4.40 Å². The Morgan fingerprint density at radius 1 is 1.21 bits per heavy atom. The Hall–Kier alpha value is -1.32. The number of nitrogens with zero attached hydrogens (tertiary/aromatic N) is 3. The molecule has 2 aromatic heterocycles. The number of imidazole rings is 1. The molecule has 0 N–H and O–H groups in total. The lowest BCUT2D eigenvalue weighted by molar-refractivity contribution is 0.446. The van der Waals surface area contributed by atoms with Crippen molar-refractivity contribution in [2.45, 2.75) is 39.5 Å². The number of hydrogen-bond acceptors (Lipinski definition) is 3. The predicted octanol–water partition coefficient (Wildman–Crippen LogP) is 2.57. The highest BCUT2D eigenvalue weighted by Gasteiger charge is 2.19. The molecule has 0 unspecified atom stereocenters. The van der Waals surface area contributed by atoms with E-state index in [1.165, 1.54) is 5.69 Å². The molecule has 76 valence electrons. The molecule has 2 rings (SSSR count). The molecule has 0 aliphatic rings. The normalized spacial score (nSPS) is 12.1. The van der Waals surface area contributed by atoms with Crippen molar-refractivity contribution in [1.82, 2.24) is 14.5 Å². The Kier molecular flexibility index (Phi) is 2.06. The van der Waals surface area contributed by atoms with E-state index in [0.29, 0.717) is 17.7 Å². The summed E-state index contributed by atoms with van der Waals surface area (Å²) in [6.45, 7) is 8.59. The fourth-order valence-corrected chi connectivity index (χ4v) is 1.73. The van der Waals surface area contributed by atoms with Crippen molar-refractivity contribution in [1.29, 1.82) is 0 Å². The molecule has 0 aromatic carbocycles. The van der Waals surface area contributed by atoms with Crippen LogP contribution >= 0.6 is 0 Å². The van der Waals surface area contributed by atoms with Gasteiger partial charge in [0.05, 0.1) is 11.4 Å². The van der Waals surface area contributed by atoms with E-state index in [-0.39, 0.29) is 0 Å². The Bertz CT molecular complexity index is 439. The second-order valence-corrected chi connectivity index (χ2v) is 4.16. The van der Waals surface area contributed by atoms with Crippen LogP contribution in [0, 0.1) is 0 Å². The Morgan fingerprint density at radius 3 is 2.50 bits per heavy atom. The lowest BCUT2D eigenvalue weighted by Crippen LogP contribution is -2.00. The molecular weight excluding hydrogens is 178 g/mol. The van der Waals surface area contributed by atoms with Crippen molar-refractivity contribution in [3.8, 4) is 0 Å². The van der Waals surface area contributed by atoms with Crippen LogP contribution in [0.3, 0.4) is 0 Å². The quantitative estimate of drug-likeness (QED) is 0.736. The molecule has 0 radical (unpaired) electrons. The molecule has 0 saturated heterocycles. The van der Waals surface area contributed by atoms with E-state index in [2.05, 4.69) is 37.8 Å². The molecule has 0 spiro atoms. The van der Waals surface area contributed by atoms with Crippen LogP contribution in [-0.2, 0) is 0 Å². The molecule has 0 saturated carbocycles. The van der Waals surface area contributed by atoms with Gasteiger partial charge in [-0.1, -0.05) is 32.9 Å². The molecule has 4 nitrogen and oxygen atoms in total. The van der Waals surface area contributed by atoms with Crippen LogP contribution < -0.4 is 0 Å². The van der Waals surface area contributed by atoms with E-state index >= 15 is 0 Å². The summed E-state index contributed by atoms with van der Waals surface area (Å²) in [5, 5.41) is 3.73. The average Bonchev–Trinajstić information content (AvgIpc) is 2.58. The second-order valence-electron chi connectivity index (χ2n) is 4.16. The van der Waals surface area contributed by atoms with Crippen molar-refractivity contribution < 1.29 is 4.52 Å². The van der Waals surface area contributed by atoms with E-state index in [0.717, 1.165) is 5.69 Å². The predicted molar refractivity (Wildman–Crippen MR) is 53.4 cm³/mol. The van der Waals surface area contributed by atoms with Crippen LogP contribution in [0.4, 0.5) is 0 Å². The highest BCUT2D eigenvalue weighted by Crippen LogP contribution is 2.26. The molecule has 0 amide bonds. The third kappa shape index (κ3) is 1.22. The summed E-state index contributed by atoms with van der Waals surface area (Å²) in [5.41, 5.74) is 2.32. The summed E-state index contributed by atoms with van der Waals surface area (Å²) in [6, 6.07) is 0. The molecule has 0 aliphatic carbocycles. The topological polar surface area (TPSA) is 43.3 Å². The molecule has 4 heteroatoms. The van der Waals surface area contributed by atoms with Gasteiger partial charge >= 0.3 is 5.84 Å². The van der Waals surface area contributed by atoms with Crippen molar-refractivity contribution in [3.05, 3.63) is 17.7 Å². The fourth-order valence-electron chi connectivity index (χ4n) is 1.73. The van der Waals surface area contributed by atoms with E-state index in [1.54, 1.807) is 6.33 Å². The summed E-state index contributed by atoms with van der Waals surface area (Å²) in [5.74, 6) is 1.45. The monoisotopic (exact) mass is 193 g/mol. The fraction of sp³-hybridized carbons (Fsp3) is 0.600. The zero-order chi connectivity index (χ0) is 10.3. The standard InChI is InChI=1S/C10H15N3O/c1-6(2)8-9(7(3)4)13-5-11-14-10(13)12-8/h5-7H,1-4H3. The maximum atomic E-state index is 5.04. The summed E-state index contributed by atoms with van der Waals surface area (Å²) in [4.78, 5) is 4.43. The van der Waals surface area contributed by atoms with E-state index < -0.39 is 0 Å². The SMILES string of the molecule is CC(C)c1nc2oncn2c1C(C)C. The van der Waals surface area contributed by atoms with Gasteiger partial charge in [-0.15, -0.1) is 0 Å². The van der Waals surface area contributed by atoms with Crippen LogP contribution in [0.5, 0.6) is 0 Å². The van der Waals surface area contributed by atoms with Gasteiger partial charge < -0.3 is 4.52 Å². The van der Waals surface area contributed by atoms with Crippen LogP contribution in [-0.4, -0.2) is 14.5 Å². The first kappa shape index (κ1) is 9.24. The van der Waals surface area contributed by atoms with Gasteiger partial charge in [-0.25, -0.2) is 0 Å². The summed E-state index contributed by atoms with van der Waals surface area (Å²) >= 11 is 0. The minimum absolute atomic E-state index is 0.419. The lowest BCUT2D eigenvalue weighted by atomic mass is 10.0. The maximum absolute atomic E-state index is 5.04.